The number of nitro groups is 1. The first-order valence-corrected chi connectivity index (χ1v) is 26.5. The van der Waals surface area contributed by atoms with E-state index < -0.39 is 103 Å². The van der Waals surface area contributed by atoms with Gasteiger partial charge in [0.25, 0.3) is 5.69 Å². The number of phenolic OH excluding ortho intramolecular Hbond substituents is 1. The van der Waals surface area contributed by atoms with E-state index in [1.165, 1.54) is 48.5 Å². The van der Waals surface area contributed by atoms with Gasteiger partial charge < -0.3 is 73.7 Å². The number of carboxylic acid groups (broad SMARTS) is 1. The zero-order valence-corrected chi connectivity index (χ0v) is 44.3. The molecule has 1 aromatic heterocycles. The molecule has 1 aliphatic heterocycles. The molecule has 1 saturated heterocycles. The first kappa shape index (κ1) is 63.9. The van der Waals surface area contributed by atoms with E-state index >= 15 is 0 Å². The summed E-state index contributed by atoms with van der Waals surface area (Å²) in [5.74, 6) is -8.19. The number of aliphatic imine (C=N–C) groups is 1. The second-order valence-corrected chi connectivity index (χ2v) is 19.7. The number of phosphoric ester groups is 1. The van der Waals surface area contributed by atoms with Crippen LogP contribution < -0.4 is 43.8 Å². The summed E-state index contributed by atoms with van der Waals surface area (Å²) in [6.07, 6.45) is -3.09. The number of guanidine groups is 1. The number of H-pyrrole nitrogens is 1. The number of amides is 6. The van der Waals surface area contributed by atoms with Crippen LogP contribution in [0.4, 0.5) is 24.5 Å². The summed E-state index contributed by atoms with van der Waals surface area (Å²) in [6.45, 7) is -1.11. The number of para-hydroxylation sites is 1. The number of carbonyl (C=O) groups excluding carboxylic acids is 6. The number of aliphatic carboxylic acids is 1. The Morgan fingerprint density at radius 3 is 1.95 bits per heavy atom. The maximum absolute atomic E-state index is 14.5. The summed E-state index contributed by atoms with van der Waals surface area (Å²) < 4.78 is 48.5. The Morgan fingerprint density at radius 2 is 1.37 bits per heavy atom. The predicted molar refractivity (Wildman–Crippen MR) is 288 cm³/mol. The minimum Gasteiger partial charge on any atom is -0.508 e. The van der Waals surface area contributed by atoms with E-state index in [1.54, 1.807) is 36.5 Å². The third-order valence-electron chi connectivity index (χ3n) is 12.4. The number of anilines is 1. The van der Waals surface area contributed by atoms with Crippen LogP contribution in [-0.4, -0.2) is 144 Å². The molecule has 1 fully saturated rings. The molecule has 16 N–H and O–H groups in total. The van der Waals surface area contributed by atoms with Crippen molar-refractivity contribution in [2.45, 2.75) is 87.4 Å². The van der Waals surface area contributed by atoms with Crippen LogP contribution in [0.15, 0.2) is 114 Å². The van der Waals surface area contributed by atoms with Gasteiger partial charge in [-0.25, -0.2) is 9.36 Å². The lowest BCUT2D eigenvalue weighted by Gasteiger charge is -2.31. The van der Waals surface area contributed by atoms with Gasteiger partial charge in [-0.2, -0.15) is 13.2 Å². The molecule has 2 heterocycles. The van der Waals surface area contributed by atoms with Gasteiger partial charge in [-0.1, -0.05) is 60.7 Å². The third-order valence-corrected chi connectivity index (χ3v) is 12.9. The summed E-state index contributed by atoms with van der Waals surface area (Å²) in [6, 6.07) is 18.3. The number of likely N-dealkylation sites (tertiary alicyclic amines) is 1. The zero-order valence-electron chi connectivity index (χ0n) is 43.4. The van der Waals surface area contributed by atoms with Crippen LogP contribution in [0, 0.1) is 10.1 Å². The molecule has 31 heteroatoms. The van der Waals surface area contributed by atoms with Gasteiger partial charge in [-0.05, 0) is 79.1 Å². The number of halogens is 3. The Hall–Kier alpha value is -8.96. The number of aromatic amines is 1. The predicted octanol–water partition coefficient (Wildman–Crippen LogP) is 1.50. The van der Waals surface area contributed by atoms with Crippen molar-refractivity contribution in [2.24, 2.45) is 22.2 Å². The maximum Gasteiger partial charge on any atom is 0.490 e. The number of phosphoric acid groups is 1. The number of non-ortho nitro benzene ring substituents is 1. The fourth-order valence-corrected chi connectivity index (χ4v) is 8.72. The average molecular weight is 1170 g/mol. The average Bonchev–Trinajstić information content (AvgIpc) is 4.31. The van der Waals surface area contributed by atoms with Crippen molar-refractivity contribution >= 4 is 77.5 Å². The molecule has 0 bridgehead atoms. The quantitative estimate of drug-likeness (QED) is 0.00983. The smallest absolute Gasteiger partial charge is 0.490 e. The van der Waals surface area contributed by atoms with Crippen molar-refractivity contribution in [3.63, 3.8) is 0 Å². The molecule has 440 valence electrons. The van der Waals surface area contributed by atoms with Crippen molar-refractivity contribution in [1.82, 2.24) is 31.2 Å². The lowest BCUT2D eigenvalue weighted by molar-refractivity contribution is -0.384. The van der Waals surface area contributed by atoms with Gasteiger partial charge in [0.15, 0.2) is 5.96 Å². The minimum atomic E-state index is -5.31. The van der Waals surface area contributed by atoms with Gasteiger partial charge in [0.2, 0.25) is 35.4 Å². The molecule has 0 aliphatic carbocycles. The number of nitrogens with one attached hydrogen (secondary N) is 6. The molecular weight excluding hydrogens is 1110 g/mol. The van der Waals surface area contributed by atoms with Crippen molar-refractivity contribution < 1.29 is 80.7 Å². The van der Waals surface area contributed by atoms with E-state index in [1.807, 2.05) is 24.3 Å². The van der Waals surface area contributed by atoms with Gasteiger partial charge in [-0.15, -0.1) is 0 Å². The highest BCUT2D eigenvalue weighted by molar-refractivity contribution is 7.46. The molecule has 27 nitrogen and oxygen atoms in total. The van der Waals surface area contributed by atoms with Crippen molar-refractivity contribution in [3.05, 3.63) is 136 Å². The van der Waals surface area contributed by atoms with Crippen molar-refractivity contribution in [3.8, 4) is 5.75 Å². The van der Waals surface area contributed by atoms with E-state index in [2.05, 4.69) is 36.6 Å². The number of fused-ring (bicyclic) bond motifs is 1. The summed E-state index contributed by atoms with van der Waals surface area (Å²) >= 11 is 0. The molecule has 0 unspecified atom stereocenters. The van der Waals surface area contributed by atoms with Gasteiger partial charge in [0, 0.05) is 60.9 Å². The van der Waals surface area contributed by atoms with Gasteiger partial charge in [0.1, 0.15) is 36.0 Å². The second-order valence-electron chi connectivity index (χ2n) is 18.5. The van der Waals surface area contributed by atoms with E-state index in [0.29, 0.717) is 11.1 Å². The monoisotopic (exact) mass is 1170 g/mol. The first-order valence-electron chi connectivity index (χ1n) is 24.9. The molecule has 0 spiro atoms. The third kappa shape index (κ3) is 20.0. The Labute approximate surface area is 464 Å². The molecule has 6 amide bonds. The van der Waals surface area contributed by atoms with E-state index in [-0.39, 0.29) is 81.1 Å². The SMILES string of the molecule is NC(N)=NCCC[C@H](NC(=O)[C@@H]1CCCN1C(=O)[C@H](COP(=O)(O)O)NC(=O)[C@H](Cc1ccc(O)cc1)NC(=O)[C@H](Cc1ccccc1)NC(=O)[C@@H](N)Cc1c[nH]c2ccccc12)C(=O)Nc1ccc([N+](=O)[O-])cc1.O=C(O)C(F)(F)F. The molecular formula is C51H60F3N12O15P. The number of hydrogen-bond acceptors (Lipinski definition) is 14. The van der Waals surface area contributed by atoms with Gasteiger partial charge in [-0.3, -0.25) is 48.4 Å². The fourth-order valence-electron chi connectivity index (χ4n) is 8.38. The Bertz CT molecular complexity index is 3130. The van der Waals surface area contributed by atoms with Crippen LogP contribution in [0.25, 0.3) is 10.9 Å². The van der Waals surface area contributed by atoms with Gasteiger partial charge in [0.05, 0.1) is 17.6 Å². The number of nitrogens with zero attached hydrogens (tertiary/aromatic N) is 3. The van der Waals surface area contributed by atoms with Crippen LogP contribution in [0.2, 0.25) is 0 Å². The van der Waals surface area contributed by atoms with Crippen molar-refractivity contribution in [1.29, 1.82) is 0 Å². The number of alkyl halides is 3. The normalized spacial score (nSPS) is 15.0. The van der Waals surface area contributed by atoms with E-state index in [9.17, 15) is 71.5 Å². The minimum absolute atomic E-state index is 0.0152. The highest BCUT2D eigenvalue weighted by Gasteiger charge is 2.41. The Morgan fingerprint density at radius 1 is 0.793 bits per heavy atom. The summed E-state index contributed by atoms with van der Waals surface area (Å²) in [4.78, 5) is 132. The van der Waals surface area contributed by atoms with Gasteiger partial charge >= 0.3 is 20.0 Å². The Balaban J connectivity index is 0.00000165. The summed E-state index contributed by atoms with van der Waals surface area (Å²) in [5.41, 5.74) is 19.9. The van der Waals surface area contributed by atoms with E-state index in [4.69, 9.17) is 31.6 Å². The standard InChI is InChI=1S/C49H59N12O13P.C2HF3O2/c50-36(26-31-27-54-37-11-5-4-10-35(31)37)43(63)57-39(24-29-8-2-1-3-9-29)45(65)58-40(25-30-14-20-34(62)21-15-30)46(66)59-41(28-74-75(71,72)73)48(68)60-23-7-13-42(60)47(67)56-38(12-6-22-53-49(51)52)44(64)55-32-16-18-33(19-17-32)61(69)70;3-2(4,5)1(6)7/h1-5,8-11,14-21,27,36,38-42,54,62H,6-7,12-13,22-26,28,50H2,(H,55,64)(H,56,67)(H,57,63)(H,58,65)(H,59,66)(H4,51,52,53)(H2,71,72,73);(H,6,7)/t36-,38-,39-,40-,41-,42-;/m0./s1. The number of nitro benzene ring substituents is 1. The lowest BCUT2D eigenvalue weighted by atomic mass is 10.0. The van der Waals surface area contributed by atoms with Crippen LogP contribution >= 0.6 is 7.82 Å². The molecule has 5 aromatic rings. The molecule has 82 heavy (non-hydrogen) atoms. The number of carbonyl (C=O) groups is 7. The highest BCUT2D eigenvalue weighted by atomic mass is 31.2. The van der Waals surface area contributed by atoms with Crippen molar-refractivity contribution in [2.75, 3.05) is 25.0 Å². The number of nitrogens with two attached hydrogens (primary N) is 3. The van der Waals surface area contributed by atoms with Crippen LogP contribution in [0.1, 0.15) is 42.4 Å². The number of carboxylic acids is 1. The van der Waals surface area contributed by atoms with Crippen LogP contribution in [0.3, 0.4) is 0 Å². The summed E-state index contributed by atoms with van der Waals surface area (Å²) in [7, 11) is -5.31. The maximum atomic E-state index is 14.5. The molecule has 0 saturated carbocycles. The number of benzene rings is 4. The number of rotatable bonds is 25. The molecule has 4 aromatic carbocycles. The Kier molecular flexibility index (Phi) is 23.0. The molecule has 6 atom stereocenters. The molecule has 6 rings (SSSR count). The van der Waals surface area contributed by atoms with Crippen LogP contribution in [-0.2, 0) is 61.9 Å². The molecule has 0 radical (unpaired) electrons. The second kappa shape index (κ2) is 29.5. The van der Waals surface area contributed by atoms with E-state index in [0.717, 1.165) is 21.4 Å². The fraction of sp³-hybridized carbons (Fsp3) is 0.333. The highest BCUT2D eigenvalue weighted by Crippen LogP contribution is 2.36. The summed E-state index contributed by atoms with van der Waals surface area (Å²) in [5, 5.41) is 42.3. The first-order chi connectivity index (χ1) is 38.7. The molecule has 1 aliphatic rings. The zero-order chi connectivity index (χ0) is 60.3. The lowest BCUT2D eigenvalue weighted by Crippen LogP contribution is -2.60. The number of hydrogen-bond donors (Lipinski definition) is 13. The topological polar surface area (TPSA) is 439 Å². The number of aromatic nitrogens is 1. The van der Waals surface area contributed by atoms with Crippen LogP contribution in [0.5, 0.6) is 5.75 Å². The largest absolute Gasteiger partial charge is 0.508 e. The number of aromatic hydroxyl groups is 1. The number of phenols is 1.